The van der Waals surface area contributed by atoms with Crippen molar-refractivity contribution in [3.8, 4) is 11.5 Å². The lowest BCUT2D eigenvalue weighted by atomic mass is 10.1. The van der Waals surface area contributed by atoms with Crippen LogP contribution in [-0.2, 0) is 4.79 Å². The van der Waals surface area contributed by atoms with Crippen molar-refractivity contribution in [3.05, 3.63) is 92.4 Å². The summed E-state index contributed by atoms with van der Waals surface area (Å²) >= 11 is 9.23. The predicted octanol–water partition coefficient (Wildman–Crippen LogP) is 5.47. The molecule has 1 N–H and O–H groups in total. The lowest BCUT2D eigenvalue weighted by Gasteiger charge is -2.09. The van der Waals surface area contributed by atoms with Crippen LogP contribution in [0.15, 0.2) is 70.2 Å². The number of hydrogen-bond donors (Lipinski definition) is 1. The van der Waals surface area contributed by atoms with Crippen molar-refractivity contribution in [2.75, 3.05) is 6.61 Å². The molecule has 3 rings (SSSR count). The maximum absolute atomic E-state index is 12.4. The minimum absolute atomic E-state index is 0.184. The van der Waals surface area contributed by atoms with E-state index in [1.54, 1.807) is 42.5 Å². The molecule has 3 aromatic carbocycles. The van der Waals surface area contributed by atoms with Gasteiger partial charge in [-0.3, -0.25) is 4.79 Å². The third-order valence-corrected chi connectivity index (χ3v) is 5.24. The van der Waals surface area contributed by atoms with Crippen molar-refractivity contribution < 1.29 is 19.1 Å². The molecular formula is C24H20BrClN2O4. The molecule has 0 radical (unpaired) electrons. The lowest BCUT2D eigenvalue weighted by Crippen LogP contribution is -2.24. The molecule has 0 saturated carbocycles. The lowest BCUT2D eigenvalue weighted by molar-refractivity contribution is -0.123. The van der Waals surface area contributed by atoms with Gasteiger partial charge in [-0.05, 0) is 79.6 Å². The number of benzene rings is 3. The highest BCUT2D eigenvalue weighted by Gasteiger charge is 2.12. The van der Waals surface area contributed by atoms with Crippen LogP contribution in [0.1, 0.15) is 27.0 Å². The number of nitrogens with one attached hydrogen (secondary N) is 1. The Kier molecular flexibility index (Phi) is 8.03. The van der Waals surface area contributed by atoms with Crippen molar-refractivity contribution in [2.45, 2.75) is 13.8 Å². The van der Waals surface area contributed by atoms with Gasteiger partial charge in [0.05, 0.1) is 11.8 Å². The fourth-order valence-corrected chi connectivity index (χ4v) is 3.12. The second-order valence-corrected chi connectivity index (χ2v) is 8.26. The third-order valence-electron chi connectivity index (χ3n) is 4.50. The van der Waals surface area contributed by atoms with Gasteiger partial charge < -0.3 is 9.47 Å². The Morgan fingerprint density at radius 1 is 1.03 bits per heavy atom. The highest BCUT2D eigenvalue weighted by atomic mass is 79.9. The number of halogens is 2. The standard InChI is InChI=1S/C24H20BrClN2O4/c1-15-3-9-21(11-16(15)2)31-14-23(29)28-27-13-18-12-19(25)6-10-22(18)32-24(30)17-4-7-20(26)8-5-17/h3-13H,14H2,1-2H3,(H,28,29). The Morgan fingerprint density at radius 3 is 2.50 bits per heavy atom. The van der Waals surface area contributed by atoms with Gasteiger partial charge in [0, 0.05) is 15.1 Å². The first-order valence-electron chi connectivity index (χ1n) is 9.61. The number of carbonyl (C=O) groups is 2. The molecule has 0 heterocycles. The molecule has 0 atom stereocenters. The van der Waals surface area contributed by atoms with Crippen LogP contribution in [0.4, 0.5) is 0 Å². The first-order chi connectivity index (χ1) is 15.3. The summed E-state index contributed by atoms with van der Waals surface area (Å²) < 4.78 is 11.7. The Hall–Kier alpha value is -3.16. The topological polar surface area (TPSA) is 77.0 Å². The summed E-state index contributed by atoms with van der Waals surface area (Å²) in [6.07, 6.45) is 1.39. The maximum Gasteiger partial charge on any atom is 0.343 e. The van der Waals surface area contributed by atoms with E-state index in [1.165, 1.54) is 6.21 Å². The van der Waals surface area contributed by atoms with Crippen molar-refractivity contribution >= 4 is 45.6 Å². The smallest absolute Gasteiger partial charge is 0.343 e. The average Bonchev–Trinajstić information content (AvgIpc) is 2.76. The van der Waals surface area contributed by atoms with Crippen LogP contribution in [-0.4, -0.2) is 24.7 Å². The number of rotatable bonds is 7. The van der Waals surface area contributed by atoms with Crippen molar-refractivity contribution in [2.24, 2.45) is 5.10 Å². The Morgan fingerprint density at radius 2 is 1.78 bits per heavy atom. The molecule has 1 amide bonds. The number of hydrazone groups is 1. The van der Waals surface area contributed by atoms with Gasteiger partial charge >= 0.3 is 5.97 Å². The number of carbonyl (C=O) groups excluding carboxylic acids is 2. The minimum atomic E-state index is -0.538. The summed E-state index contributed by atoms with van der Waals surface area (Å²) in [4.78, 5) is 24.4. The SMILES string of the molecule is Cc1ccc(OCC(=O)NN=Cc2cc(Br)ccc2OC(=O)c2ccc(Cl)cc2)cc1C. The van der Waals surface area contributed by atoms with Gasteiger partial charge in [-0.25, -0.2) is 10.2 Å². The first kappa shape index (κ1) is 23.5. The van der Waals surface area contributed by atoms with E-state index < -0.39 is 11.9 Å². The number of nitrogens with zero attached hydrogens (tertiary/aromatic N) is 1. The third kappa shape index (κ3) is 6.67. The number of aryl methyl sites for hydroxylation is 2. The number of amides is 1. The molecule has 0 spiro atoms. The molecule has 0 unspecified atom stereocenters. The Labute approximate surface area is 199 Å². The fraction of sp³-hybridized carbons (Fsp3) is 0.125. The summed E-state index contributed by atoms with van der Waals surface area (Å²) in [5, 5.41) is 4.47. The maximum atomic E-state index is 12.4. The average molecular weight is 516 g/mol. The minimum Gasteiger partial charge on any atom is -0.484 e. The van der Waals surface area contributed by atoms with Crippen LogP contribution >= 0.6 is 27.5 Å². The van der Waals surface area contributed by atoms with Gasteiger partial charge in [0.15, 0.2) is 6.61 Å². The van der Waals surface area contributed by atoms with Gasteiger partial charge in [-0.15, -0.1) is 0 Å². The zero-order chi connectivity index (χ0) is 23.1. The number of hydrogen-bond acceptors (Lipinski definition) is 5. The summed E-state index contributed by atoms with van der Waals surface area (Å²) in [6, 6.07) is 17.1. The summed E-state index contributed by atoms with van der Waals surface area (Å²) in [7, 11) is 0. The summed E-state index contributed by atoms with van der Waals surface area (Å²) in [6.45, 7) is 3.79. The zero-order valence-corrected chi connectivity index (χ0v) is 19.7. The van der Waals surface area contributed by atoms with Gasteiger partial charge in [0.2, 0.25) is 0 Å². The molecule has 0 aliphatic rings. The van der Waals surface area contributed by atoms with E-state index in [2.05, 4.69) is 26.5 Å². The van der Waals surface area contributed by atoms with E-state index in [1.807, 2.05) is 32.0 Å². The summed E-state index contributed by atoms with van der Waals surface area (Å²) in [5.74, 6) is -0.0632. The zero-order valence-electron chi connectivity index (χ0n) is 17.4. The van der Waals surface area contributed by atoms with Gasteiger partial charge in [0.25, 0.3) is 5.91 Å². The van der Waals surface area contributed by atoms with Crippen LogP contribution in [0.5, 0.6) is 11.5 Å². The quantitative estimate of drug-likeness (QED) is 0.196. The second kappa shape index (κ2) is 10.9. The van der Waals surface area contributed by atoms with Gasteiger partial charge in [0.1, 0.15) is 11.5 Å². The molecule has 6 nitrogen and oxygen atoms in total. The summed E-state index contributed by atoms with van der Waals surface area (Å²) in [5.41, 5.74) is 5.48. The van der Waals surface area contributed by atoms with Crippen molar-refractivity contribution in [1.82, 2.24) is 5.43 Å². The van der Waals surface area contributed by atoms with E-state index in [0.717, 1.165) is 15.6 Å². The van der Waals surface area contributed by atoms with Gasteiger partial charge in [-0.2, -0.15) is 5.10 Å². The molecule has 164 valence electrons. The van der Waals surface area contributed by atoms with E-state index in [0.29, 0.717) is 21.9 Å². The molecule has 0 aliphatic heterocycles. The van der Waals surface area contributed by atoms with Crippen molar-refractivity contribution in [1.29, 1.82) is 0 Å². The monoisotopic (exact) mass is 514 g/mol. The number of ether oxygens (including phenoxy) is 2. The van der Waals surface area contributed by atoms with Crippen LogP contribution in [0.2, 0.25) is 5.02 Å². The second-order valence-electron chi connectivity index (χ2n) is 6.91. The highest BCUT2D eigenvalue weighted by molar-refractivity contribution is 9.10. The largest absolute Gasteiger partial charge is 0.484 e. The normalized spacial score (nSPS) is 10.8. The molecule has 3 aromatic rings. The Bertz CT molecular complexity index is 1160. The molecule has 0 saturated heterocycles. The molecular weight excluding hydrogens is 496 g/mol. The van der Waals surface area contributed by atoms with Crippen molar-refractivity contribution in [3.63, 3.8) is 0 Å². The molecule has 0 fully saturated rings. The van der Waals surface area contributed by atoms with Crippen LogP contribution in [0.3, 0.4) is 0 Å². The van der Waals surface area contributed by atoms with Crippen LogP contribution in [0.25, 0.3) is 0 Å². The molecule has 0 aromatic heterocycles. The van der Waals surface area contributed by atoms with E-state index in [4.69, 9.17) is 21.1 Å². The van der Waals surface area contributed by atoms with Gasteiger partial charge in [-0.1, -0.05) is 33.6 Å². The Balaban J connectivity index is 1.61. The number of esters is 1. The molecule has 0 aliphatic carbocycles. The molecule has 0 bridgehead atoms. The van der Waals surface area contributed by atoms with E-state index in [-0.39, 0.29) is 12.4 Å². The highest BCUT2D eigenvalue weighted by Crippen LogP contribution is 2.23. The molecule has 8 heteroatoms. The van der Waals surface area contributed by atoms with E-state index >= 15 is 0 Å². The van der Waals surface area contributed by atoms with Crippen LogP contribution < -0.4 is 14.9 Å². The first-order valence-corrected chi connectivity index (χ1v) is 10.8. The molecule has 32 heavy (non-hydrogen) atoms. The fourth-order valence-electron chi connectivity index (χ4n) is 2.62. The van der Waals surface area contributed by atoms with E-state index in [9.17, 15) is 9.59 Å². The van der Waals surface area contributed by atoms with Crippen LogP contribution in [0, 0.1) is 13.8 Å². The predicted molar refractivity (Wildman–Crippen MR) is 128 cm³/mol.